The first-order valence-electron chi connectivity index (χ1n) is 11.9. The lowest BCUT2D eigenvalue weighted by Gasteiger charge is -2.22. The summed E-state index contributed by atoms with van der Waals surface area (Å²) in [6, 6.07) is 16.4. The Hall–Kier alpha value is -3.35. The lowest BCUT2D eigenvalue weighted by Crippen LogP contribution is -2.36. The minimum absolute atomic E-state index is 0.0233. The third-order valence-corrected chi connectivity index (χ3v) is 7.37. The summed E-state index contributed by atoms with van der Waals surface area (Å²) < 4.78 is 5.52. The van der Waals surface area contributed by atoms with E-state index in [1.54, 1.807) is 11.8 Å². The van der Waals surface area contributed by atoms with Crippen LogP contribution >= 0.6 is 0 Å². The number of aliphatic carboxylic acids is 1. The zero-order valence-corrected chi connectivity index (χ0v) is 19.8. The second-order valence-electron chi connectivity index (χ2n) is 9.61. The molecule has 1 heterocycles. The number of alkyl carbamates (subject to hydrolysis) is 1. The van der Waals surface area contributed by atoms with Crippen LogP contribution in [0, 0.1) is 11.3 Å². The number of carbonyl (C=O) groups is 3. The van der Waals surface area contributed by atoms with Crippen LogP contribution < -0.4 is 5.32 Å². The van der Waals surface area contributed by atoms with E-state index in [0.29, 0.717) is 32.4 Å². The van der Waals surface area contributed by atoms with E-state index in [-0.39, 0.29) is 30.9 Å². The van der Waals surface area contributed by atoms with Crippen LogP contribution in [0.25, 0.3) is 11.1 Å². The van der Waals surface area contributed by atoms with Crippen molar-refractivity contribution in [2.24, 2.45) is 11.3 Å². The Morgan fingerprint density at radius 3 is 2.26 bits per heavy atom. The molecule has 4 rings (SSSR count). The van der Waals surface area contributed by atoms with Crippen molar-refractivity contribution in [1.82, 2.24) is 10.2 Å². The minimum atomic E-state index is -0.888. The maximum atomic E-state index is 12.5. The number of nitrogens with zero attached hydrogens (tertiary/aromatic N) is 1. The Balaban J connectivity index is 1.18. The van der Waals surface area contributed by atoms with Gasteiger partial charge in [-0.2, -0.15) is 0 Å². The Bertz CT molecular complexity index is 1040. The molecule has 2 aromatic rings. The monoisotopic (exact) mass is 464 g/mol. The average Bonchev–Trinajstić information content (AvgIpc) is 3.32. The van der Waals surface area contributed by atoms with Crippen molar-refractivity contribution in [3.05, 3.63) is 59.7 Å². The third kappa shape index (κ3) is 4.65. The van der Waals surface area contributed by atoms with Crippen LogP contribution in [0.15, 0.2) is 48.5 Å². The highest BCUT2D eigenvalue weighted by Gasteiger charge is 2.47. The SMILES string of the molecule is C[C@@H]1CN(C(=O)CCCCNC(=O)OCC2c3ccccc3-c3ccccc32)C[C@@]1(C)C(=O)O. The fourth-order valence-electron chi connectivity index (χ4n) is 5.02. The van der Waals surface area contributed by atoms with E-state index in [1.807, 2.05) is 31.2 Å². The maximum Gasteiger partial charge on any atom is 0.407 e. The highest BCUT2D eigenvalue weighted by Crippen LogP contribution is 2.44. The molecule has 34 heavy (non-hydrogen) atoms. The molecule has 0 bridgehead atoms. The largest absolute Gasteiger partial charge is 0.481 e. The first kappa shape index (κ1) is 23.8. The Labute approximate surface area is 200 Å². The normalized spacial score (nSPS) is 21.1. The number of rotatable bonds is 8. The predicted molar refractivity (Wildman–Crippen MR) is 128 cm³/mol. The molecular formula is C27H32N2O5. The van der Waals surface area contributed by atoms with E-state index in [4.69, 9.17) is 4.74 Å². The van der Waals surface area contributed by atoms with Gasteiger partial charge in [0, 0.05) is 32.0 Å². The number of unbranched alkanes of at least 4 members (excludes halogenated alkanes) is 1. The fourth-order valence-corrected chi connectivity index (χ4v) is 5.02. The van der Waals surface area contributed by atoms with Crippen LogP contribution in [0.4, 0.5) is 4.79 Å². The lowest BCUT2D eigenvalue weighted by atomic mass is 9.81. The second kappa shape index (κ2) is 9.87. The van der Waals surface area contributed by atoms with Crippen LogP contribution in [0.2, 0.25) is 0 Å². The van der Waals surface area contributed by atoms with Crippen molar-refractivity contribution in [3.63, 3.8) is 0 Å². The smallest absolute Gasteiger partial charge is 0.407 e. The molecule has 2 aliphatic rings. The summed E-state index contributed by atoms with van der Waals surface area (Å²) in [5.74, 6) is -0.945. The second-order valence-corrected chi connectivity index (χ2v) is 9.61. The first-order valence-corrected chi connectivity index (χ1v) is 11.9. The van der Waals surface area contributed by atoms with Crippen molar-refractivity contribution >= 4 is 18.0 Å². The number of carbonyl (C=O) groups excluding carboxylic acids is 2. The van der Waals surface area contributed by atoms with Gasteiger partial charge in [0.2, 0.25) is 5.91 Å². The Morgan fingerprint density at radius 1 is 1.06 bits per heavy atom. The first-order chi connectivity index (χ1) is 16.3. The number of hydrogen-bond donors (Lipinski definition) is 2. The zero-order valence-electron chi connectivity index (χ0n) is 19.8. The molecule has 7 nitrogen and oxygen atoms in total. The molecule has 1 aliphatic heterocycles. The van der Waals surface area contributed by atoms with Crippen LogP contribution in [0.3, 0.4) is 0 Å². The molecule has 7 heteroatoms. The van der Waals surface area contributed by atoms with E-state index in [0.717, 1.165) is 0 Å². The van der Waals surface area contributed by atoms with Gasteiger partial charge in [-0.05, 0) is 47.9 Å². The van der Waals surface area contributed by atoms with Crippen LogP contribution in [-0.2, 0) is 14.3 Å². The molecule has 1 fully saturated rings. The van der Waals surface area contributed by atoms with Gasteiger partial charge in [-0.1, -0.05) is 55.5 Å². The molecule has 0 saturated carbocycles. The maximum absolute atomic E-state index is 12.5. The summed E-state index contributed by atoms with van der Waals surface area (Å²) in [5.41, 5.74) is 3.83. The minimum Gasteiger partial charge on any atom is -0.481 e. The van der Waals surface area contributed by atoms with Gasteiger partial charge in [-0.3, -0.25) is 9.59 Å². The van der Waals surface area contributed by atoms with Gasteiger partial charge in [0.15, 0.2) is 0 Å². The number of likely N-dealkylation sites (tertiary alicyclic amines) is 1. The number of amides is 2. The Morgan fingerprint density at radius 2 is 1.68 bits per heavy atom. The van der Waals surface area contributed by atoms with Gasteiger partial charge in [0.05, 0.1) is 5.41 Å². The molecule has 0 radical (unpaired) electrons. The van der Waals surface area contributed by atoms with E-state index in [2.05, 4.69) is 29.6 Å². The van der Waals surface area contributed by atoms with E-state index < -0.39 is 17.5 Å². The molecule has 0 unspecified atom stereocenters. The van der Waals surface area contributed by atoms with Crippen molar-refractivity contribution in [2.45, 2.75) is 39.0 Å². The molecule has 1 aliphatic carbocycles. The highest BCUT2D eigenvalue weighted by atomic mass is 16.5. The fraction of sp³-hybridized carbons (Fsp3) is 0.444. The summed E-state index contributed by atoms with van der Waals surface area (Å²) in [6.07, 6.45) is 1.15. The quantitative estimate of drug-likeness (QED) is 0.569. The number of nitrogens with one attached hydrogen (secondary N) is 1. The number of ether oxygens (including phenoxy) is 1. The summed E-state index contributed by atoms with van der Waals surface area (Å²) in [4.78, 5) is 37.9. The molecule has 0 aromatic heterocycles. The van der Waals surface area contributed by atoms with E-state index in [9.17, 15) is 19.5 Å². The van der Waals surface area contributed by atoms with E-state index in [1.165, 1.54) is 22.3 Å². The third-order valence-electron chi connectivity index (χ3n) is 7.37. The van der Waals surface area contributed by atoms with Gasteiger partial charge in [-0.25, -0.2) is 4.79 Å². The van der Waals surface area contributed by atoms with Crippen molar-refractivity contribution in [1.29, 1.82) is 0 Å². The van der Waals surface area contributed by atoms with Gasteiger partial charge in [0.25, 0.3) is 0 Å². The van der Waals surface area contributed by atoms with Gasteiger partial charge in [-0.15, -0.1) is 0 Å². The molecule has 1 saturated heterocycles. The van der Waals surface area contributed by atoms with Gasteiger partial charge < -0.3 is 20.1 Å². The highest BCUT2D eigenvalue weighted by molar-refractivity contribution is 5.81. The molecule has 180 valence electrons. The topological polar surface area (TPSA) is 95.9 Å². The van der Waals surface area contributed by atoms with E-state index >= 15 is 0 Å². The van der Waals surface area contributed by atoms with Crippen molar-refractivity contribution in [2.75, 3.05) is 26.2 Å². The number of benzene rings is 2. The average molecular weight is 465 g/mol. The number of carboxylic acids is 1. The summed E-state index contributed by atoms with van der Waals surface area (Å²) in [7, 11) is 0. The van der Waals surface area contributed by atoms with Crippen molar-refractivity contribution < 1.29 is 24.2 Å². The molecule has 2 aromatic carbocycles. The van der Waals surface area contributed by atoms with Crippen LogP contribution in [-0.4, -0.2) is 54.2 Å². The molecule has 2 atom stereocenters. The summed E-state index contributed by atoms with van der Waals surface area (Å²) in [6.45, 7) is 4.99. The van der Waals surface area contributed by atoms with Gasteiger partial charge >= 0.3 is 12.1 Å². The predicted octanol–water partition coefficient (Wildman–Crippen LogP) is 4.26. The number of hydrogen-bond acceptors (Lipinski definition) is 4. The summed E-state index contributed by atoms with van der Waals surface area (Å²) >= 11 is 0. The summed E-state index contributed by atoms with van der Waals surface area (Å²) in [5, 5.41) is 12.2. The number of carboxylic acid groups (broad SMARTS) is 1. The zero-order chi connectivity index (χ0) is 24.3. The lowest BCUT2D eigenvalue weighted by molar-refractivity contribution is -0.149. The van der Waals surface area contributed by atoms with Gasteiger partial charge in [0.1, 0.15) is 6.61 Å². The van der Waals surface area contributed by atoms with Crippen LogP contribution in [0.1, 0.15) is 50.2 Å². The number of fused-ring (bicyclic) bond motifs is 3. The standard InChI is InChI=1S/C27H32N2O5/c1-18-15-29(17-27(18,2)25(31)32)24(30)13-7-8-14-28-26(33)34-16-23-21-11-5-3-9-19(21)20-10-4-6-12-22(20)23/h3-6,9-12,18,23H,7-8,13-17H2,1-2H3,(H,28,33)(H,31,32)/t18-,27-/m1/s1. The molecule has 0 spiro atoms. The molecule has 2 N–H and O–H groups in total. The van der Waals surface area contributed by atoms with Crippen LogP contribution in [0.5, 0.6) is 0 Å². The molecule has 2 amide bonds. The molecular weight excluding hydrogens is 432 g/mol. The van der Waals surface area contributed by atoms with Crippen molar-refractivity contribution in [3.8, 4) is 11.1 Å². The Kier molecular flexibility index (Phi) is 6.91.